The zero-order valence-electron chi connectivity index (χ0n) is 18.7. The van der Waals surface area contributed by atoms with Crippen LogP contribution in [-0.4, -0.2) is 80.9 Å². The molecule has 1 aromatic rings. The normalized spacial score (nSPS) is 14.8. The van der Waals surface area contributed by atoms with Crippen LogP contribution >= 0.6 is 0 Å². The lowest BCUT2D eigenvalue weighted by Crippen LogP contribution is -2.51. The van der Waals surface area contributed by atoms with Crippen molar-refractivity contribution in [1.82, 2.24) is 9.21 Å². The van der Waals surface area contributed by atoms with Gasteiger partial charge in [0, 0.05) is 38.2 Å². The molecule has 1 aliphatic rings. The van der Waals surface area contributed by atoms with Gasteiger partial charge in [-0.1, -0.05) is 19.8 Å². The first kappa shape index (κ1) is 25.8. The fourth-order valence-electron chi connectivity index (χ4n) is 3.21. The summed E-state index contributed by atoms with van der Waals surface area (Å²) >= 11 is 0. The van der Waals surface area contributed by atoms with E-state index >= 15 is 0 Å². The van der Waals surface area contributed by atoms with Gasteiger partial charge in [-0.25, -0.2) is 8.42 Å². The van der Waals surface area contributed by atoms with E-state index < -0.39 is 22.6 Å². The van der Waals surface area contributed by atoms with Crippen LogP contribution in [0.4, 0.5) is 0 Å². The molecule has 0 bridgehead atoms. The molecule has 0 N–H and O–H groups in total. The first-order valence-electron chi connectivity index (χ1n) is 10.8. The molecule has 0 spiro atoms. The Labute approximate surface area is 189 Å². The van der Waals surface area contributed by atoms with E-state index in [2.05, 4.69) is 6.92 Å². The molecule has 1 heterocycles. The predicted molar refractivity (Wildman–Crippen MR) is 119 cm³/mol. The molecule has 9 nitrogen and oxygen atoms in total. The lowest BCUT2D eigenvalue weighted by molar-refractivity contribution is -0.152. The predicted octanol–water partition coefficient (Wildman–Crippen LogP) is 1.87. The first-order valence-corrected chi connectivity index (χ1v) is 12.7. The van der Waals surface area contributed by atoms with E-state index in [1.54, 1.807) is 24.3 Å². The Kier molecular flexibility index (Phi) is 10.1. The van der Waals surface area contributed by atoms with Crippen LogP contribution in [-0.2, 0) is 24.3 Å². The van der Waals surface area contributed by atoms with Crippen molar-refractivity contribution in [1.29, 1.82) is 0 Å². The maximum absolute atomic E-state index is 12.3. The van der Waals surface area contributed by atoms with Gasteiger partial charge in [0.15, 0.2) is 12.4 Å². The molecule has 0 atom stereocenters. The molecule has 0 aliphatic carbocycles. The van der Waals surface area contributed by atoms with Crippen molar-refractivity contribution in [3.8, 4) is 5.75 Å². The molecule has 1 aromatic carbocycles. The highest BCUT2D eigenvalue weighted by atomic mass is 32.2. The molecule has 1 amide bonds. The van der Waals surface area contributed by atoms with Crippen molar-refractivity contribution in [2.24, 2.45) is 0 Å². The topological polar surface area (TPSA) is 110 Å². The lowest BCUT2D eigenvalue weighted by atomic mass is 10.1. The van der Waals surface area contributed by atoms with Crippen LogP contribution < -0.4 is 4.74 Å². The molecule has 32 heavy (non-hydrogen) atoms. The SMILES string of the molecule is CCCCCOc1ccc(C(=O)CCC(=O)OCC(=O)N2CCN(S(C)(=O)=O)CC2)cc1. The number of hydrogen-bond donors (Lipinski definition) is 0. The number of ether oxygens (including phenoxy) is 2. The van der Waals surface area contributed by atoms with Crippen LogP contribution in [0.1, 0.15) is 49.4 Å². The van der Waals surface area contributed by atoms with E-state index in [-0.39, 0.29) is 50.7 Å². The Balaban J connectivity index is 1.67. The molecule has 10 heteroatoms. The van der Waals surface area contributed by atoms with Crippen molar-refractivity contribution < 1.29 is 32.3 Å². The second-order valence-corrected chi connectivity index (χ2v) is 9.69. The number of benzene rings is 1. The molecule has 2 rings (SSSR count). The second kappa shape index (κ2) is 12.5. The van der Waals surface area contributed by atoms with Crippen molar-refractivity contribution in [3.05, 3.63) is 29.8 Å². The van der Waals surface area contributed by atoms with E-state index in [1.165, 1.54) is 9.21 Å². The van der Waals surface area contributed by atoms with Gasteiger partial charge in [-0.05, 0) is 30.7 Å². The maximum Gasteiger partial charge on any atom is 0.306 e. The van der Waals surface area contributed by atoms with E-state index in [1.807, 2.05) is 0 Å². The number of amides is 1. The Morgan fingerprint density at radius 2 is 1.62 bits per heavy atom. The molecule has 1 fully saturated rings. The molecular weight excluding hydrogens is 436 g/mol. The number of ketones is 1. The summed E-state index contributed by atoms with van der Waals surface area (Å²) in [5.74, 6) is -0.500. The highest BCUT2D eigenvalue weighted by molar-refractivity contribution is 7.88. The summed E-state index contributed by atoms with van der Waals surface area (Å²) in [7, 11) is -3.28. The molecule has 0 saturated carbocycles. The standard InChI is InChI=1S/C22H32N2O7S/c1-3-4-5-16-30-19-8-6-18(7-9-19)20(25)10-11-22(27)31-17-21(26)23-12-14-24(15-13-23)32(2,28)29/h6-9H,3-5,10-17H2,1-2H3. The van der Waals surface area contributed by atoms with Gasteiger partial charge in [0.1, 0.15) is 5.75 Å². The van der Waals surface area contributed by atoms with Gasteiger partial charge in [-0.15, -0.1) is 0 Å². The second-order valence-electron chi connectivity index (χ2n) is 7.71. The molecule has 0 aromatic heterocycles. The number of unbranched alkanes of at least 4 members (excludes halogenated alkanes) is 2. The number of piperazine rings is 1. The fraction of sp³-hybridized carbons (Fsp3) is 0.591. The summed E-state index contributed by atoms with van der Waals surface area (Å²) in [5, 5.41) is 0. The third kappa shape index (κ3) is 8.58. The third-order valence-electron chi connectivity index (χ3n) is 5.17. The average molecular weight is 469 g/mol. The van der Waals surface area contributed by atoms with Crippen molar-refractivity contribution >= 4 is 27.7 Å². The minimum Gasteiger partial charge on any atom is -0.494 e. The maximum atomic E-state index is 12.3. The number of nitrogens with zero attached hydrogens (tertiary/aromatic N) is 2. The van der Waals surface area contributed by atoms with Crippen molar-refractivity contribution in [3.63, 3.8) is 0 Å². The number of hydrogen-bond acceptors (Lipinski definition) is 7. The smallest absolute Gasteiger partial charge is 0.306 e. The molecule has 1 aliphatic heterocycles. The molecular formula is C22H32N2O7S. The summed E-state index contributed by atoms with van der Waals surface area (Å²) in [5.41, 5.74) is 0.485. The van der Waals surface area contributed by atoms with Gasteiger partial charge < -0.3 is 14.4 Å². The van der Waals surface area contributed by atoms with Crippen LogP contribution in [0.5, 0.6) is 5.75 Å². The van der Waals surface area contributed by atoms with Gasteiger partial charge >= 0.3 is 5.97 Å². The van der Waals surface area contributed by atoms with Crippen molar-refractivity contribution in [2.45, 2.75) is 39.0 Å². The molecule has 0 radical (unpaired) electrons. The van der Waals surface area contributed by atoms with Gasteiger partial charge in [0.05, 0.1) is 19.3 Å². The Morgan fingerprint density at radius 1 is 0.969 bits per heavy atom. The Hall–Kier alpha value is -2.46. The van der Waals surface area contributed by atoms with Crippen LogP contribution in [0.25, 0.3) is 0 Å². The summed E-state index contributed by atoms with van der Waals surface area (Å²) < 4.78 is 34.9. The van der Waals surface area contributed by atoms with E-state index in [9.17, 15) is 22.8 Å². The number of Topliss-reactive ketones (excluding diaryl/α,β-unsaturated/α-hetero) is 1. The number of sulfonamides is 1. The largest absolute Gasteiger partial charge is 0.494 e. The minimum absolute atomic E-state index is 0.0171. The number of carbonyl (C=O) groups excluding carboxylic acids is 3. The monoisotopic (exact) mass is 468 g/mol. The highest BCUT2D eigenvalue weighted by Gasteiger charge is 2.26. The number of rotatable bonds is 12. The third-order valence-corrected chi connectivity index (χ3v) is 6.47. The lowest BCUT2D eigenvalue weighted by Gasteiger charge is -2.33. The highest BCUT2D eigenvalue weighted by Crippen LogP contribution is 2.15. The van der Waals surface area contributed by atoms with E-state index in [4.69, 9.17) is 9.47 Å². The summed E-state index contributed by atoms with van der Waals surface area (Å²) in [6, 6.07) is 6.81. The fourth-order valence-corrected chi connectivity index (χ4v) is 4.04. The van der Waals surface area contributed by atoms with Crippen LogP contribution in [0.3, 0.4) is 0 Å². The molecule has 0 unspecified atom stereocenters. The number of carbonyl (C=O) groups is 3. The first-order chi connectivity index (χ1) is 15.2. The van der Waals surface area contributed by atoms with Gasteiger partial charge in [0.2, 0.25) is 10.0 Å². The van der Waals surface area contributed by atoms with Crippen LogP contribution in [0.15, 0.2) is 24.3 Å². The number of esters is 1. The summed E-state index contributed by atoms with van der Waals surface area (Å²) in [4.78, 5) is 37.8. The van der Waals surface area contributed by atoms with Crippen LogP contribution in [0, 0.1) is 0 Å². The Bertz CT molecular complexity index is 876. The van der Waals surface area contributed by atoms with Gasteiger partial charge in [-0.3, -0.25) is 14.4 Å². The van der Waals surface area contributed by atoms with Crippen LogP contribution in [0.2, 0.25) is 0 Å². The Morgan fingerprint density at radius 3 is 2.22 bits per heavy atom. The minimum atomic E-state index is -3.28. The molecule has 178 valence electrons. The summed E-state index contributed by atoms with van der Waals surface area (Å²) in [6.07, 6.45) is 4.21. The van der Waals surface area contributed by atoms with E-state index in [0.29, 0.717) is 17.9 Å². The quantitative estimate of drug-likeness (QED) is 0.262. The van der Waals surface area contributed by atoms with Crippen molar-refractivity contribution in [2.75, 3.05) is 45.6 Å². The average Bonchev–Trinajstić information content (AvgIpc) is 2.78. The van der Waals surface area contributed by atoms with Gasteiger partial charge in [0.25, 0.3) is 5.91 Å². The summed E-state index contributed by atoms with van der Waals surface area (Å²) in [6.45, 7) is 3.28. The van der Waals surface area contributed by atoms with Gasteiger partial charge in [-0.2, -0.15) is 4.31 Å². The van der Waals surface area contributed by atoms with E-state index in [0.717, 1.165) is 25.5 Å². The molecule has 1 saturated heterocycles. The zero-order chi connectivity index (χ0) is 23.6. The zero-order valence-corrected chi connectivity index (χ0v) is 19.6.